The Balaban J connectivity index is 3.35. The van der Waals surface area contributed by atoms with E-state index in [0.29, 0.717) is 11.0 Å². The molecular weight excluding hydrogens is 181 g/mol. The minimum Gasteiger partial charge on any atom is -0.399 e. The van der Waals surface area contributed by atoms with Crippen molar-refractivity contribution in [2.45, 2.75) is 4.90 Å². The van der Waals surface area contributed by atoms with E-state index in [9.17, 15) is 8.42 Å². The number of hydrogen-bond acceptors (Lipinski definition) is 3. The summed E-state index contributed by atoms with van der Waals surface area (Å²) in [5.41, 5.74) is 5.85. The monoisotopic (exact) mass is 189 g/mol. The van der Waals surface area contributed by atoms with Crippen molar-refractivity contribution in [3.05, 3.63) is 18.2 Å². The molecule has 0 saturated heterocycles. The van der Waals surface area contributed by atoms with Gasteiger partial charge in [0.25, 0.3) is 0 Å². The van der Waals surface area contributed by atoms with Crippen LogP contribution >= 0.6 is 9.24 Å². The first kappa shape index (κ1) is 8.50. The molecule has 0 aliphatic heterocycles. The predicted molar refractivity (Wildman–Crippen MR) is 48.8 cm³/mol. The lowest BCUT2D eigenvalue weighted by Gasteiger charge is -1.97. The summed E-state index contributed by atoms with van der Waals surface area (Å²) in [6, 6.07) is 4.75. The maximum atomic E-state index is 10.5. The molecular formula is C6H8NO2PS. The van der Waals surface area contributed by atoms with E-state index >= 15 is 0 Å². The van der Waals surface area contributed by atoms with E-state index in [1.807, 2.05) is 0 Å². The number of rotatable bonds is 1. The molecule has 1 aromatic rings. The first-order chi connectivity index (χ1) is 5.11. The molecule has 0 aliphatic carbocycles. The van der Waals surface area contributed by atoms with Crippen molar-refractivity contribution in [2.75, 3.05) is 5.73 Å². The molecule has 2 N–H and O–H groups in total. The summed E-state index contributed by atoms with van der Waals surface area (Å²) in [6.45, 7) is 0. The lowest BCUT2D eigenvalue weighted by atomic mass is 10.3. The van der Waals surface area contributed by atoms with Crippen molar-refractivity contribution >= 4 is 30.9 Å². The smallest absolute Gasteiger partial charge is 0.168 e. The Morgan fingerprint density at radius 3 is 2.45 bits per heavy atom. The Hall–Kier alpha value is -0.600. The zero-order chi connectivity index (χ0) is 8.43. The van der Waals surface area contributed by atoms with Crippen LogP contribution in [0.15, 0.2) is 23.1 Å². The molecule has 5 heteroatoms. The van der Waals surface area contributed by atoms with Crippen LogP contribution in [-0.2, 0) is 10.7 Å². The van der Waals surface area contributed by atoms with Gasteiger partial charge >= 0.3 is 0 Å². The molecule has 0 bridgehead atoms. The molecule has 0 radical (unpaired) electrons. The molecule has 0 aliphatic rings. The fraction of sp³-hybridized carbons (Fsp3) is 0. The summed E-state index contributed by atoms with van der Waals surface area (Å²) in [6.07, 6.45) is 0. The van der Waals surface area contributed by atoms with E-state index < -0.39 is 10.7 Å². The fourth-order valence-electron chi connectivity index (χ4n) is 0.719. The van der Waals surface area contributed by atoms with Gasteiger partial charge in [0.1, 0.15) is 0 Å². The van der Waals surface area contributed by atoms with Crippen molar-refractivity contribution < 1.29 is 8.42 Å². The van der Waals surface area contributed by atoms with E-state index in [1.165, 1.54) is 6.07 Å². The zero-order valence-corrected chi connectivity index (χ0v) is 7.70. The van der Waals surface area contributed by atoms with Crippen LogP contribution < -0.4 is 11.0 Å². The lowest BCUT2D eigenvalue weighted by molar-refractivity contribution is 0.615. The van der Waals surface area contributed by atoms with Crippen molar-refractivity contribution in [1.29, 1.82) is 0 Å². The topological polar surface area (TPSA) is 60.2 Å². The van der Waals surface area contributed by atoms with Crippen molar-refractivity contribution in [3.8, 4) is 0 Å². The largest absolute Gasteiger partial charge is 0.399 e. The van der Waals surface area contributed by atoms with Crippen molar-refractivity contribution in [3.63, 3.8) is 0 Å². The van der Waals surface area contributed by atoms with Gasteiger partial charge in [-0.15, -0.1) is 9.24 Å². The normalized spacial score (nSPS) is 10.4. The average Bonchev–Trinajstić information content (AvgIpc) is 1.94. The van der Waals surface area contributed by atoms with Gasteiger partial charge < -0.3 is 5.73 Å². The first-order valence-corrected chi connectivity index (χ1v) is 4.66. The third-order valence-electron chi connectivity index (χ3n) is 1.25. The fourth-order valence-corrected chi connectivity index (χ4v) is 1.75. The third kappa shape index (κ3) is 1.91. The molecule has 1 rings (SSSR count). The summed E-state index contributed by atoms with van der Waals surface area (Å²) in [5.74, 6) is 0. The SMILES string of the molecule is Nc1ccc(P)c([SH](=O)=O)c1. The van der Waals surface area contributed by atoms with Crippen LogP contribution in [0.2, 0.25) is 0 Å². The van der Waals surface area contributed by atoms with Gasteiger partial charge in [0, 0.05) is 5.69 Å². The lowest BCUT2D eigenvalue weighted by Crippen LogP contribution is -2.00. The molecule has 1 unspecified atom stereocenters. The summed E-state index contributed by atoms with van der Waals surface area (Å²) in [4.78, 5) is 0.269. The maximum Gasteiger partial charge on any atom is 0.168 e. The van der Waals surface area contributed by atoms with Crippen LogP contribution in [-0.4, -0.2) is 8.42 Å². The van der Waals surface area contributed by atoms with E-state index in [1.54, 1.807) is 12.1 Å². The summed E-state index contributed by atoms with van der Waals surface area (Å²) >= 11 is 0. The highest BCUT2D eigenvalue weighted by Gasteiger charge is 1.99. The van der Waals surface area contributed by atoms with Gasteiger partial charge in [-0.05, 0) is 17.4 Å². The van der Waals surface area contributed by atoms with Crippen LogP contribution in [0.5, 0.6) is 0 Å². The molecule has 60 valence electrons. The second-order valence-electron chi connectivity index (χ2n) is 2.08. The average molecular weight is 189 g/mol. The number of nitrogen functional groups attached to an aromatic ring is 1. The number of hydrogen-bond donors (Lipinski definition) is 2. The van der Waals surface area contributed by atoms with Gasteiger partial charge in [0.05, 0.1) is 4.90 Å². The van der Waals surface area contributed by atoms with Gasteiger partial charge in [-0.25, -0.2) is 8.42 Å². The molecule has 3 nitrogen and oxygen atoms in total. The van der Waals surface area contributed by atoms with E-state index in [2.05, 4.69) is 9.24 Å². The second kappa shape index (κ2) is 3.20. The minimum atomic E-state index is -2.53. The van der Waals surface area contributed by atoms with E-state index in [-0.39, 0.29) is 4.90 Å². The highest BCUT2D eigenvalue weighted by atomic mass is 32.2. The first-order valence-electron chi connectivity index (χ1n) is 2.90. The van der Waals surface area contributed by atoms with Crippen molar-refractivity contribution in [2.24, 2.45) is 0 Å². The molecule has 0 heterocycles. The number of nitrogens with two attached hydrogens (primary N) is 1. The maximum absolute atomic E-state index is 10.5. The number of thiol groups is 1. The molecule has 0 fully saturated rings. The van der Waals surface area contributed by atoms with Gasteiger partial charge in [-0.1, -0.05) is 6.07 Å². The van der Waals surface area contributed by atoms with Gasteiger partial charge in [-0.3, -0.25) is 0 Å². The molecule has 11 heavy (non-hydrogen) atoms. The quantitative estimate of drug-likeness (QED) is 0.363. The van der Waals surface area contributed by atoms with Crippen LogP contribution in [0, 0.1) is 0 Å². The van der Waals surface area contributed by atoms with Crippen LogP contribution in [0.25, 0.3) is 0 Å². The van der Waals surface area contributed by atoms with E-state index in [4.69, 9.17) is 5.73 Å². The Morgan fingerprint density at radius 1 is 1.36 bits per heavy atom. The Kier molecular flexibility index (Phi) is 2.47. The number of benzene rings is 1. The van der Waals surface area contributed by atoms with Crippen LogP contribution in [0.3, 0.4) is 0 Å². The summed E-state index contributed by atoms with van der Waals surface area (Å²) in [5, 5.41) is 0.648. The Morgan fingerprint density at radius 2 is 2.00 bits per heavy atom. The Labute approximate surface area is 68.8 Å². The molecule has 0 spiro atoms. The summed E-state index contributed by atoms with van der Waals surface area (Å²) < 4.78 is 21.1. The van der Waals surface area contributed by atoms with Crippen molar-refractivity contribution in [1.82, 2.24) is 0 Å². The second-order valence-corrected chi connectivity index (χ2v) is 3.69. The molecule has 0 saturated carbocycles. The highest BCUT2D eigenvalue weighted by Crippen LogP contribution is 2.07. The van der Waals surface area contributed by atoms with Gasteiger partial charge in [-0.2, -0.15) is 0 Å². The molecule has 1 aromatic carbocycles. The Bertz CT molecular complexity index is 340. The molecule has 0 aromatic heterocycles. The molecule has 0 amide bonds. The standard InChI is InChI=1S/C6H8NO2PS/c7-4-1-2-5(10)6(3-4)11(8)9/h1-3,11H,7,10H2. The van der Waals surface area contributed by atoms with Crippen LogP contribution in [0.4, 0.5) is 5.69 Å². The minimum absolute atomic E-state index is 0.269. The predicted octanol–water partition coefficient (Wildman–Crippen LogP) is -0.260. The number of anilines is 1. The molecule has 1 atom stereocenters. The van der Waals surface area contributed by atoms with Gasteiger partial charge in [0.15, 0.2) is 10.7 Å². The summed E-state index contributed by atoms with van der Waals surface area (Å²) in [7, 11) is -0.195. The van der Waals surface area contributed by atoms with Gasteiger partial charge in [0.2, 0.25) is 0 Å². The van der Waals surface area contributed by atoms with E-state index in [0.717, 1.165) is 0 Å². The zero-order valence-electron chi connectivity index (χ0n) is 5.65. The highest BCUT2D eigenvalue weighted by molar-refractivity contribution is 7.73. The third-order valence-corrected chi connectivity index (χ3v) is 2.78. The van der Waals surface area contributed by atoms with Crippen LogP contribution in [0.1, 0.15) is 0 Å².